The van der Waals surface area contributed by atoms with Gasteiger partial charge in [-0.25, -0.2) is 4.79 Å². The molecule has 0 radical (unpaired) electrons. The minimum atomic E-state index is -0.916. The summed E-state index contributed by atoms with van der Waals surface area (Å²) in [7, 11) is 0. The Morgan fingerprint density at radius 2 is 1.71 bits per heavy atom. The van der Waals surface area contributed by atoms with Crippen molar-refractivity contribution in [3.8, 4) is 11.1 Å². The van der Waals surface area contributed by atoms with E-state index >= 15 is 0 Å². The van der Waals surface area contributed by atoms with Crippen molar-refractivity contribution in [3.05, 3.63) is 71.8 Å². The summed E-state index contributed by atoms with van der Waals surface area (Å²) in [5.74, 6) is -2.04. The van der Waals surface area contributed by atoms with E-state index in [0.717, 1.165) is 11.1 Å². The first-order valence-electron chi connectivity index (χ1n) is 11.8. The first kappa shape index (κ1) is 23.5. The average Bonchev–Trinajstić information content (AvgIpc) is 3.16. The molecule has 0 aliphatic heterocycles. The van der Waals surface area contributed by atoms with Crippen LogP contribution >= 0.6 is 0 Å². The lowest BCUT2D eigenvalue weighted by Gasteiger charge is -2.25. The van der Waals surface area contributed by atoms with Gasteiger partial charge in [0.1, 0.15) is 6.61 Å². The second-order valence-corrected chi connectivity index (χ2v) is 8.86. The fraction of sp³-hybridized carbons (Fsp3) is 0.370. The van der Waals surface area contributed by atoms with E-state index in [4.69, 9.17) is 9.84 Å². The number of rotatable bonds is 8. The quantitative estimate of drug-likeness (QED) is 0.513. The van der Waals surface area contributed by atoms with Gasteiger partial charge >= 0.3 is 12.1 Å². The van der Waals surface area contributed by atoms with Crippen LogP contribution in [0.5, 0.6) is 0 Å². The minimum absolute atomic E-state index is 0.0145. The molecule has 2 aromatic rings. The second-order valence-electron chi connectivity index (χ2n) is 8.86. The number of alkyl carbamates (subject to hydrolysis) is 1. The Morgan fingerprint density at radius 1 is 1.06 bits per heavy atom. The maximum atomic E-state index is 12.6. The zero-order chi connectivity index (χ0) is 24.1. The molecule has 3 N–H and O–H groups in total. The van der Waals surface area contributed by atoms with Crippen LogP contribution in [0.3, 0.4) is 0 Å². The normalized spacial score (nSPS) is 19.6. The van der Waals surface area contributed by atoms with Crippen molar-refractivity contribution in [3.63, 3.8) is 0 Å². The number of nitrogens with one attached hydrogen (secondary N) is 2. The molecule has 0 heterocycles. The van der Waals surface area contributed by atoms with E-state index in [1.165, 1.54) is 11.1 Å². The van der Waals surface area contributed by atoms with Crippen LogP contribution in [0, 0.1) is 11.8 Å². The third-order valence-corrected chi connectivity index (χ3v) is 6.71. The lowest BCUT2D eigenvalue weighted by Crippen LogP contribution is -2.42. The van der Waals surface area contributed by atoms with Gasteiger partial charge in [-0.1, -0.05) is 67.6 Å². The van der Waals surface area contributed by atoms with Crippen LogP contribution in [-0.4, -0.2) is 42.3 Å². The summed E-state index contributed by atoms with van der Waals surface area (Å²) in [6.45, 7) is 2.12. The largest absolute Gasteiger partial charge is 0.481 e. The van der Waals surface area contributed by atoms with Gasteiger partial charge in [0.05, 0.1) is 12.0 Å². The number of carbonyl (C=O) groups excluding carboxylic acids is 2. The van der Waals surface area contributed by atoms with Gasteiger partial charge in [0.25, 0.3) is 0 Å². The molecule has 2 amide bonds. The highest BCUT2D eigenvalue weighted by molar-refractivity contribution is 5.81. The predicted molar refractivity (Wildman–Crippen MR) is 128 cm³/mol. The van der Waals surface area contributed by atoms with Crippen LogP contribution in [-0.2, 0) is 14.3 Å². The molecule has 178 valence electrons. The Hall–Kier alpha value is -3.61. The van der Waals surface area contributed by atoms with Gasteiger partial charge in [0.2, 0.25) is 5.91 Å². The maximum Gasteiger partial charge on any atom is 0.407 e. The molecular weight excluding hydrogens is 432 g/mol. The van der Waals surface area contributed by atoms with Crippen LogP contribution in [0.1, 0.15) is 43.2 Å². The number of hydrogen-bond donors (Lipinski definition) is 3. The number of hydrogen-bond acceptors (Lipinski definition) is 4. The van der Waals surface area contributed by atoms with Crippen molar-refractivity contribution < 1.29 is 24.2 Å². The third kappa shape index (κ3) is 5.14. The van der Waals surface area contributed by atoms with Crippen molar-refractivity contribution in [2.45, 2.75) is 38.1 Å². The minimum Gasteiger partial charge on any atom is -0.481 e. The molecule has 0 fully saturated rings. The molecular formula is C27H30N2O5. The van der Waals surface area contributed by atoms with Gasteiger partial charge < -0.3 is 20.5 Å². The van der Waals surface area contributed by atoms with Crippen LogP contribution in [0.4, 0.5) is 4.79 Å². The number of allylic oxidation sites excluding steroid dienone is 1. The van der Waals surface area contributed by atoms with Crippen molar-refractivity contribution in [2.24, 2.45) is 11.8 Å². The lowest BCUT2D eigenvalue weighted by atomic mass is 9.90. The number of carboxylic acid groups (broad SMARTS) is 1. The Labute approximate surface area is 199 Å². The fourth-order valence-corrected chi connectivity index (χ4v) is 4.78. The van der Waals surface area contributed by atoms with E-state index in [-0.39, 0.29) is 36.9 Å². The number of carbonyl (C=O) groups is 3. The number of benzene rings is 2. The molecule has 7 heteroatoms. The van der Waals surface area contributed by atoms with Gasteiger partial charge in [0.15, 0.2) is 0 Å². The van der Waals surface area contributed by atoms with E-state index in [0.29, 0.717) is 19.3 Å². The summed E-state index contributed by atoms with van der Waals surface area (Å²) in [5.41, 5.74) is 4.64. The zero-order valence-corrected chi connectivity index (χ0v) is 19.2. The van der Waals surface area contributed by atoms with E-state index in [1.807, 2.05) is 36.4 Å². The maximum absolute atomic E-state index is 12.6. The predicted octanol–water partition coefficient (Wildman–Crippen LogP) is 4.09. The summed E-state index contributed by atoms with van der Waals surface area (Å²) in [6, 6.07) is 16.0. The highest BCUT2D eigenvalue weighted by Gasteiger charge is 2.30. The summed E-state index contributed by atoms with van der Waals surface area (Å²) >= 11 is 0. The Balaban J connectivity index is 1.30. The fourth-order valence-electron chi connectivity index (χ4n) is 4.78. The lowest BCUT2D eigenvalue weighted by molar-refractivity contribution is -0.141. The first-order chi connectivity index (χ1) is 16.5. The Kier molecular flexibility index (Phi) is 7.30. The number of amides is 2. The topological polar surface area (TPSA) is 105 Å². The first-order valence-corrected chi connectivity index (χ1v) is 11.8. The molecule has 0 spiro atoms. The number of carboxylic acids is 1. The summed E-state index contributed by atoms with van der Waals surface area (Å²) < 4.78 is 5.61. The van der Waals surface area contributed by atoms with Crippen molar-refractivity contribution in [1.82, 2.24) is 10.6 Å². The van der Waals surface area contributed by atoms with Gasteiger partial charge in [0, 0.05) is 18.4 Å². The molecule has 4 rings (SSSR count). The second kappa shape index (κ2) is 10.5. The molecule has 0 saturated carbocycles. The summed E-state index contributed by atoms with van der Waals surface area (Å²) in [5, 5.41) is 14.7. The van der Waals surface area contributed by atoms with Crippen LogP contribution in [0.25, 0.3) is 11.1 Å². The standard InChI is InChI=1S/C27H30N2O5/c1-2-17(26(31)32)15-28-25(30)18-8-7-9-19(14-18)29-27(33)34-16-24-22-12-5-3-10-20(22)21-11-4-6-13-23(21)24/h3-7,9-13,17-19,24H,2,8,14-16H2,1H3,(H,28,30)(H,29,33)(H,31,32)/t17?,18-,19-/m1/s1. The van der Waals surface area contributed by atoms with Crippen LogP contribution in [0.2, 0.25) is 0 Å². The molecule has 0 bridgehead atoms. The molecule has 7 nitrogen and oxygen atoms in total. The van der Waals surface area contributed by atoms with E-state index in [9.17, 15) is 14.4 Å². The monoisotopic (exact) mass is 462 g/mol. The molecule has 1 unspecified atom stereocenters. The number of ether oxygens (including phenoxy) is 1. The SMILES string of the molecule is CCC(CNC(=O)[C@@H]1CC=C[C@@H](NC(=O)OCC2c3ccccc3-c3ccccc32)C1)C(=O)O. The smallest absolute Gasteiger partial charge is 0.407 e. The molecule has 0 aromatic heterocycles. The van der Waals surface area contributed by atoms with Crippen molar-refractivity contribution in [2.75, 3.05) is 13.2 Å². The molecule has 34 heavy (non-hydrogen) atoms. The van der Waals surface area contributed by atoms with Gasteiger partial charge in [-0.15, -0.1) is 0 Å². The molecule has 0 saturated heterocycles. The van der Waals surface area contributed by atoms with Gasteiger partial charge in [-0.05, 0) is 41.5 Å². The van der Waals surface area contributed by atoms with Gasteiger partial charge in [-0.3, -0.25) is 9.59 Å². The van der Waals surface area contributed by atoms with E-state index < -0.39 is 18.0 Å². The van der Waals surface area contributed by atoms with Crippen molar-refractivity contribution in [1.29, 1.82) is 0 Å². The molecule has 2 aliphatic rings. The third-order valence-electron chi connectivity index (χ3n) is 6.71. The highest BCUT2D eigenvalue weighted by Crippen LogP contribution is 2.44. The molecule has 2 aromatic carbocycles. The summed E-state index contributed by atoms with van der Waals surface area (Å²) in [6.07, 6.45) is 4.67. The van der Waals surface area contributed by atoms with Gasteiger partial charge in [-0.2, -0.15) is 0 Å². The summed E-state index contributed by atoms with van der Waals surface area (Å²) in [4.78, 5) is 36.3. The molecule has 2 aliphatic carbocycles. The highest BCUT2D eigenvalue weighted by atomic mass is 16.5. The Morgan fingerprint density at radius 3 is 2.32 bits per heavy atom. The number of fused-ring (bicyclic) bond motifs is 3. The van der Waals surface area contributed by atoms with Crippen LogP contribution < -0.4 is 10.6 Å². The van der Waals surface area contributed by atoms with Crippen molar-refractivity contribution >= 4 is 18.0 Å². The average molecular weight is 463 g/mol. The Bertz CT molecular complexity index is 1050. The zero-order valence-electron chi connectivity index (χ0n) is 19.2. The van der Waals surface area contributed by atoms with E-state index in [1.54, 1.807) is 6.92 Å². The number of aliphatic carboxylic acids is 1. The van der Waals surface area contributed by atoms with Crippen LogP contribution in [0.15, 0.2) is 60.7 Å². The molecule has 3 atom stereocenters. The van der Waals surface area contributed by atoms with E-state index in [2.05, 4.69) is 34.9 Å².